The molecule has 3 rings (SSSR count). The van der Waals surface area contributed by atoms with Crippen LogP contribution in [0.4, 0.5) is 4.39 Å². The van der Waals surface area contributed by atoms with Crippen molar-refractivity contribution in [2.75, 3.05) is 32.4 Å². The number of nitrogens with zero attached hydrogens (tertiary/aromatic N) is 2. The summed E-state index contributed by atoms with van der Waals surface area (Å²) in [6, 6.07) is 4.73. The van der Waals surface area contributed by atoms with Crippen molar-refractivity contribution < 1.29 is 12.8 Å². The Kier molecular flexibility index (Phi) is 3.73. The average molecular weight is 311 g/mol. The first-order valence-electron chi connectivity index (χ1n) is 6.86. The van der Waals surface area contributed by atoms with Gasteiger partial charge in [0, 0.05) is 49.8 Å². The molecule has 2 aromatic rings. The van der Waals surface area contributed by atoms with Crippen LogP contribution < -0.4 is 0 Å². The predicted octanol–water partition coefficient (Wildman–Crippen LogP) is 1.38. The third-order valence-corrected chi connectivity index (χ3v) is 5.23. The standard InChI is InChI=1S/C14H18FN3O2S/c1-21(19,20)18-6-4-17(5-7-18)10-11-9-16-14-8-12(15)2-3-13(11)14/h2-3,8-9,16H,4-7,10H2,1H3. The van der Waals surface area contributed by atoms with Crippen LogP contribution in [0.3, 0.4) is 0 Å². The quantitative estimate of drug-likeness (QED) is 0.932. The van der Waals surface area contributed by atoms with E-state index in [1.54, 1.807) is 6.07 Å². The number of fused-ring (bicyclic) bond motifs is 1. The number of hydrogen-bond acceptors (Lipinski definition) is 3. The fourth-order valence-electron chi connectivity index (χ4n) is 2.75. The van der Waals surface area contributed by atoms with Crippen molar-refractivity contribution >= 4 is 20.9 Å². The third-order valence-electron chi connectivity index (χ3n) is 3.92. The van der Waals surface area contributed by atoms with Gasteiger partial charge in [-0.25, -0.2) is 12.8 Å². The second-order valence-electron chi connectivity index (χ2n) is 5.44. The molecule has 1 aromatic carbocycles. The minimum absolute atomic E-state index is 0.252. The Hall–Kier alpha value is -1.44. The Morgan fingerprint density at radius 2 is 1.95 bits per heavy atom. The highest BCUT2D eigenvalue weighted by Gasteiger charge is 2.23. The molecule has 0 aliphatic carbocycles. The van der Waals surface area contributed by atoms with E-state index in [1.165, 1.54) is 22.7 Å². The zero-order valence-electron chi connectivity index (χ0n) is 11.8. The zero-order valence-corrected chi connectivity index (χ0v) is 12.7. The molecule has 0 radical (unpaired) electrons. The fraction of sp³-hybridized carbons (Fsp3) is 0.429. The molecule has 7 heteroatoms. The van der Waals surface area contributed by atoms with Gasteiger partial charge in [0.1, 0.15) is 5.82 Å². The summed E-state index contributed by atoms with van der Waals surface area (Å²) in [5, 5.41) is 1.02. The van der Waals surface area contributed by atoms with Crippen LogP contribution in [0.15, 0.2) is 24.4 Å². The van der Waals surface area contributed by atoms with E-state index in [1.807, 2.05) is 6.20 Å². The van der Waals surface area contributed by atoms with Gasteiger partial charge in [0.2, 0.25) is 10.0 Å². The Balaban J connectivity index is 1.70. The highest BCUT2D eigenvalue weighted by atomic mass is 32.2. The molecule has 1 aliphatic rings. The van der Waals surface area contributed by atoms with E-state index >= 15 is 0 Å². The van der Waals surface area contributed by atoms with E-state index < -0.39 is 10.0 Å². The number of halogens is 1. The van der Waals surface area contributed by atoms with Crippen molar-refractivity contribution in [3.8, 4) is 0 Å². The number of hydrogen-bond donors (Lipinski definition) is 1. The van der Waals surface area contributed by atoms with Gasteiger partial charge in [-0.05, 0) is 23.8 Å². The second kappa shape index (κ2) is 5.40. The van der Waals surface area contributed by atoms with Gasteiger partial charge in [-0.3, -0.25) is 4.90 Å². The molecule has 0 unspecified atom stereocenters. The number of rotatable bonds is 3. The lowest BCUT2D eigenvalue weighted by Crippen LogP contribution is -2.47. The second-order valence-corrected chi connectivity index (χ2v) is 7.42. The van der Waals surface area contributed by atoms with Crippen molar-refractivity contribution in [3.05, 3.63) is 35.8 Å². The van der Waals surface area contributed by atoms with Crippen LogP contribution >= 0.6 is 0 Å². The Bertz CT molecular complexity index is 749. The minimum Gasteiger partial charge on any atom is -0.361 e. The molecule has 2 heterocycles. The number of nitrogens with one attached hydrogen (secondary N) is 1. The van der Waals surface area contributed by atoms with Crippen molar-refractivity contribution in [1.29, 1.82) is 0 Å². The number of sulfonamides is 1. The Morgan fingerprint density at radius 3 is 2.62 bits per heavy atom. The van der Waals surface area contributed by atoms with E-state index in [4.69, 9.17) is 0 Å². The van der Waals surface area contributed by atoms with E-state index in [0.717, 1.165) is 23.0 Å². The molecule has 1 aromatic heterocycles. The number of aromatic nitrogens is 1. The summed E-state index contributed by atoms with van der Waals surface area (Å²) in [5.74, 6) is -0.252. The lowest BCUT2D eigenvalue weighted by molar-refractivity contribution is 0.182. The Labute approximate surface area is 123 Å². The number of H-pyrrole nitrogens is 1. The summed E-state index contributed by atoms with van der Waals surface area (Å²) in [7, 11) is -3.09. The van der Waals surface area contributed by atoms with E-state index in [-0.39, 0.29) is 5.82 Å². The van der Waals surface area contributed by atoms with Crippen LogP contribution in [-0.2, 0) is 16.6 Å². The van der Waals surface area contributed by atoms with E-state index in [0.29, 0.717) is 26.2 Å². The molecular weight excluding hydrogens is 293 g/mol. The molecule has 0 spiro atoms. The van der Waals surface area contributed by atoms with Crippen LogP contribution in [0, 0.1) is 5.82 Å². The first-order valence-corrected chi connectivity index (χ1v) is 8.71. The summed E-state index contributed by atoms with van der Waals surface area (Å²) in [4.78, 5) is 5.29. The molecule has 5 nitrogen and oxygen atoms in total. The average Bonchev–Trinajstić information content (AvgIpc) is 2.80. The van der Waals surface area contributed by atoms with Crippen molar-refractivity contribution in [3.63, 3.8) is 0 Å². The molecule has 0 saturated carbocycles. The summed E-state index contributed by atoms with van der Waals surface area (Å²) < 4.78 is 37.6. The smallest absolute Gasteiger partial charge is 0.211 e. The van der Waals surface area contributed by atoms with Gasteiger partial charge in [-0.2, -0.15) is 4.31 Å². The lowest BCUT2D eigenvalue weighted by atomic mass is 10.1. The molecular formula is C14H18FN3O2S. The monoisotopic (exact) mass is 311 g/mol. The van der Waals surface area contributed by atoms with Crippen molar-refractivity contribution in [2.24, 2.45) is 0 Å². The van der Waals surface area contributed by atoms with Crippen LogP contribution in [0.2, 0.25) is 0 Å². The SMILES string of the molecule is CS(=O)(=O)N1CCN(Cc2c[nH]c3cc(F)ccc23)CC1. The number of piperazine rings is 1. The molecule has 0 bridgehead atoms. The van der Waals surface area contributed by atoms with Crippen molar-refractivity contribution in [1.82, 2.24) is 14.2 Å². The maximum atomic E-state index is 13.2. The van der Waals surface area contributed by atoms with Gasteiger partial charge in [-0.15, -0.1) is 0 Å². The molecule has 0 atom stereocenters. The lowest BCUT2D eigenvalue weighted by Gasteiger charge is -2.33. The molecule has 114 valence electrons. The molecule has 21 heavy (non-hydrogen) atoms. The normalized spacial score (nSPS) is 18.4. The van der Waals surface area contributed by atoms with Gasteiger partial charge in [0.05, 0.1) is 6.26 Å². The molecule has 0 amide bonds. The first-order chi connectivity index (χ1) is 9.93. The molecule has 1 saturated heterocycles. The summed E-state index contributed by atoms with van der Waals surface area (Å²) in [6.07, 6.45) is 3.14. The summed E-state index contributed by atoms with van der Waals surface area (Å²) in [6.45, 7) is 3.21. The Morgan fingerprint density at radius 1 is 1.24 bits per heavy atom. The van der Waals surface area contributed by atoms with Gasteiger partial charge in [0.15, 0.2) is 0 Å². The minimum atomic E-state index is -3.09. The highest BCUT2D eigenvalue weighted by Crippen LogP contribution is 2.21. The van der Waals surface area contributed by atoms with Gasteiger partial charge < -0.3 is 4.98 Å². The van der Waals surface area contributed by atoms with Crippen molar-refractivity contribution in [2.45, 2.75) is 6.54 Å². The van der Waals surface area contributed by atoms with Crippen LogP contribution in [0.25, 0.3) is 10.9 Å². The fourth-order valence-corrected chi connectivity index (χ4v) is 3.58. The van der Waals surface area contributed by atoms with Gasteiger partial charge >= 0.3 is 0 Å². The summed E-state index contributed by atoms with van der Waals surface area (Å²) >= 11 is 0. The van der Waals surface area contributed by atoms with Crippen LogP contribution in [0.5, 0.6) is 0 Å². The maximum absolute atomic E-state index is 13.2. The first kappa shape index (κ1) is 14.5. The third kappa shape index (κ3) is 3.09. The van der Waals surface area contributed by atoms with E-state index in [2.05, 4.69) is 9.88 Å². The van der Waals surface area contributed by atoms with Crippen LogP contribution in [0.1, 0.15) is 5.56 Å². The van der Waals surface area contributed by atoms with Crippen LogP contribution in [-0.4, -0.2) is 55.0 Å². The predicted molar refractivity (Wildman–Crippen MR) is 80.0 cm³/mol. The van der Waals surface area contributed by atoms with Gasteiger partial charge in [-0.1, -0.05) is 0 Å². The highest BCUT2D eigenvalue weighted by molar-refractivity contribution is 7.88. The largest absolute Gasteiger partial charge is 0.361 e. The maximum Gasteiger partial charge on any atom is 0.211 e. The van der Waals surface area contributed by atoms with E-state index in [9.17, 15) is 12.8 Å². The number of benzene rings is 1. The summed E-state index contributed by atoms with van der Waals surface area (Å²) in [5.41, 5.74) is 1.90. The molecule has 1 fully saturated rings. The molecule has 1 aliphatic heterocycles. The number of aromatic amines is 1. The topological polar surface area (TPSA) is 56.4 Å². The van der Waals surface area contributed by atoms with Gasteiger partial charge in [0.25, 0.3) is 0 Å². The zero-order chi connectivity index (χ0) is 15.0. The molecule has 1 N–H and O–H groups in total.